The minimum absolute atomic E-state index is 0.354. The van der Waals surface area contributed by atoms with Gasteiger partial charge in [-0.05, 0) is 59.3 Å². The highest BCUT2D eigenvalue weighted by Gasteiger charge is 2.17. The van der Waals surface area contributed by atoms with Crippen molar-refractivity contribution in [2.24, 2.45) is 5.92 Å². The summed E-state index contributed by atoms with van der Waals surface area (Å²) in [7, 11) is 0. The molecule has 1 aliphatic carbocycles. The largest absolute Gasteiger partial charge is 0.493 e. The molecule has 1 saturated carbocycles. The molecule has 1 unspecified atom stereocenters. The van der Waals surface area contributed by atoms with Crippen molar-refractivity contribution in [3.8, 4) is 5.75 Å². The zero-order valence-electron chi connectivity index (χ0n) is 11.6. The molecule has 0 aromatic heterocycles. The van der Waals surface area contributed by atoms with Crippen molar-refractivity contribution >= 4 is 15.9 Å². The van der Waals surface area contributed by atoms with Gasteiger partial charge < -0.3 is 9.84 Å². The molecule has 3 heteroatoms. The van der Waals surface area contributed by atoms with E-state index < -0.39 is 0 Å². The summed E-state index contributed by atoms with van der Waals surface area (Å²) in [5.74, 6) is 1.68. The lowest BCUT2D eigenvalue weighted by molar-refractivity contribution is 0.157. The summed E-state index contributed by atoms with van der Waals surface area (Å²) in [4.78, 5) is 0. The van der Waals surface area contributed by atoms with Crippen molar-refractivity contribution in [1.82, 2.24) is 0 Å². The molecular formula is C16H23BrO2. The van der Waals surface area contributed by atoms with Gasteiger partial charge in [-0.1, -0.05) is 31.7 Å². The zero-order valence-corrected chi connectivity index (χ0v) is 13.2. The Morgan fingerprint density at radius 3 is 2.74 bits per heavy atom. The third kappa shape index (κ3) is 4.22. The lowest BCUT2D eigenvalue weighted by atomic mass is 9.96. The predicted molar refractivity (Wildman–Crippen MR) is 81.5 cm³/mol. The molecule has 106 valence electrons. The maximum absolute atomic E-state index is 10.3. The van der Waals surface area contributed by atoms with Gasteiger partial charge in [-0.25, -0.2) is 0 Å². The van der Waals surface area contributed by atoms with E-state index in [1.54, 1.807) is 0 Å². The second-order valence-electron chi connectivity index (χ2n) is 5.37. The Morgan fingerprint density at radius 1 is 1.37 bits per heavy atom. The van der Waals surface area contributed by atoms with Gasteiger partial charge in [-0.3, -0.25) is 0 Å². The molecule has 0 aliphatic heterocycles. The summed E-state index contributed by atoms with van der Waals surface area (Å²) in [6, 6.07) is 5.88. The molecule has 19 heavy (non-hydrogen) atoms. The summed E-state index contributed by atoms with van der Waals surface area (Å²) in [6.07, 6.45) is 7.09. The number of hydrogen-bond acceptors (Lipinski definition) is 2. The molecule has 0 saturated heterocycles. The van der Waals surface area contributed by atoms with Gasteiger partial charge in [0.25, 0.3) is 0 Å². The normalized spacial score (nSPS) is 17.6. The van der Waals surface area contributed by atoms with E-state index in [2.05, 4.69) is 15.9 Å². The second-order valence-corrected chi connectivity index (χ2v) is 6.22. The minimum Gasteiger partial charge on any atom is -0.493 e. The summed E-state index contributed by atoms with van der Waals surface area (Å²) >= 11 is 3.50. The molecular weight excluding hydrogens is 304 g/mol. The van der Waals surface area contributed by atoms with Gasteiger partial charge in [0.1, 0.15) is 5.75 Å². The van der Waals surface area contributed by atoms with E-state index >= 15 is 0 Å². The molecule has 0 heterocycles. The first kappa shape index (κ1) is 14.9. The van der Waals surface area contributed by atoms with Crippen LogP contribution < -0.4 is 4.74 Å². The Morgan fingerprint density at radius 2 is 2.11 bits per heavy atom. The Bertz CT molecular complexity index is 400. The van der Waals surface area contributed by atoms with Gasteiger partial charge in [0.15, 0.2) is 0 Å². The number of aliphatic hydroxyl groups is 1. The van der Waals surface area contributed by atoms with Crippen LogP contribution in [0.4, 0.5) is 0 Å². The summed E-state index contributed by atoms with van der Waals surface area (Å²) in [5.41, 5.74) is 0.980. The van der Waals surface area contributed by atoms with E-state index in [4.69, 9.17) is 4.74 Å². The monoisotopic (exact) mass is 326 g/mol. The van der Waals surface area contributed by atoms with Crippen molar-refractivity contribution in [3.05, 3.63) is 28.2 Å². The highest BCUT2D eigenvalue weighted by Crippen LogP contribution is 2.33. The summed E-state index contributed by atoms with van der Waals surface area (Å²) in [5, 5.41) is 10.3. The molecule has 1 fully saturated rings. The third-order valence-electron chi connectivity index (χ3n) is 3.96. The van der Waals surface area contributed by atoms with Gasteiger partial charge in [0.2, 0.25) is 0 Å². The topological polar surface area (TPSA) is 29.5 Å². The Hall–Kier alpha value is -0.540. The third-order valence-corrected chi connectivity index (χ3v) is 4.58. The average molecular weight is 327 g/mol. The lowest BCUT2D eigenvalue weighted by Gasteiger charge is -2.15. The number of halogens is 1. The molecule has 1 aromatic rings. The van der Waals surface area contributed by atoms with E-state index in [0.29, 0.717) is 6.61 Å². The van der Waals surface area contributed by atoms with Crippen LogP contribution in [0.25, 0.3) is 0 Å². The first-order chi connectivity index (χ1) is 9.20. The van der Waals surface area contributed by atoms with Gasteiger partial charge in [-0.2, -0.15) is 0 Å². The Balaban J connectivity index is 1.90. The van der Waals surface area contributed by atoms with Crippen LogP contribution in [0.2, 0.25) is 0 Å². The quantitative estimate of drug-likeness (QED) is 0.809. The van der Waals surface area contributed by atoms with Crippen LogP contribution in [-0.2, 0) is 0 Å². The molecule has 0 amide bonds. The van der Waals surface area contributed by atoms with Crippen LogP contribution in [-0.4, -0.2) is 11.7 Å². The number of ether oxygens (including phenoxy) is 1. The number of benzene rings is 1. The van der Waals surface area contributed by atoms with Crippen LogP contribution in [0.5, 0.6) is 5.75 Å². The maximum atomic E-state index is 10.3. The first-order valence-corrected chi connectivity index (χ1v) is 8.10. The summed E-state index contributed by atoms with van der Waals surface area (Å²) in [6.45, 7) is 2.62. The molecule has 1 atom stereocenters. The van der Waals surface area contributed by atoms with Gasteiger partial charge >= 0.3 is 0 Å². The van der Waals surface area contributed by atoms with E-state index in [9.17, 15) is 5.11 Å². The summed E-state index contributed by atoms with van der Waals surface area (Å²) < 4.78 is 6.41. The smallest absolute Gasteiger partial charge is 0.133 e. The fourth-order valence-electron chi connectivity index (χ4n) is 2.86. The maximum Gasteiger partial charge on any atom is 0.133 e. The van der Waals surface area contributed by atoms with Crippen LogP contribution >= 0.6 is 15.9 Å². The molecule has 0 radical (unpaired) electrons. The van der Waals surface area contributed by atoms with Gasteiger partial charge in [-0.15, -0.1) is 0 Å². The fourth-order valence-corrected chi connectivity index (χ4v) is 3.37. The van der Waals surface area contributed by atoms with Crippen LogP contribution in [0.3, 0.4) is 0 Å². The molecule has 0 spiro atoms. The van der Waals surface area contributed by atoms with Crippen LogP contribution in [0, 0.1) is 5.92 Å². The molecule has 1 aliphatic rings. The van der Waals surface area contributed by atoms with Crippen LogP contribution in [0.1, 0.15) is 57.1 Å². The van der Waals surface area contributed by atoms with E-state index in [1.807, 2.05) is 25.1 Å². The Labute approximate surface area is 124 Å². The van der Waals surface area contributed by atoms with Crippen molar-refractivity contribution in [1.29, 1.82) is 0 Å². The standard InChI is InChI=1S/C16H23BrO2/c1-2-19-16-10-8-13(11-14(16)17)15(18)9-7-12-5-3-4-6-12/h8,10-12,15,18H,2-7,9H2,1H3. The van der Waals surface area contributed by atoms with E-state index in [0.717, 1.165) is 34.5 Å². The number of hydrogen-bond donors (Lipinski definition) is 1. The van der Waals surface area contributed by atoms with E-state index in [-0.39, 0.29) is 6.10 Å². The SMILES string of the molecule is CCOc1ccc(C(O)CCC2CCCC2)cc1Br. The first-order valence-electron chi connectivity index (χ1n) is 7.31. The zero-order chi connectivity index (χ0) is 13.7. The van der Waals surface area contributed by atoms with Crippen molar-refractivity contribution in [2.75, 3.05) is 6.61 Å². The predicted octanol–water partition coefficient (Wildman–Crippen LogP) is 4.85. The average Bonchev–Trinajstić information content (AvgIpc) is 2.91. The van der Waals surface area contributed by atoms with Gasteiger partial charge in [0.05, 0.1) is 17.2 Å². The molecule has 0 bridgehead atoms. The van der Waals surface area contributed by atoms with Crippen molar-refractivity contribution in [3.63, 3.8) is 0 Å². The molecule has 2 nitrogen and oxygen atoms in total. The molecule has 1 N–H and O–H groups in total. The minimum atomic E-state index is -0.354. The fraction of sp³-hybridized carbons (Fsp3) is 0.625. The second kappa shape index (κ2) is 7.30. The van der Waals surface area contributed by atoms with Crippen molar-refractivity contribution in [2.45, 2.75) is 51.6 Å². The number of aliphatic hydroxyl groups excluding tert-OH is 1. The lowest BCUT2D eigenvalue weighted by Crippen LogP contribution is -2.02. The highest BCUT2D eigenvalue weighted by molar-refractivity contribution is 9.10. The van der Waals surface area contributed by atoms with E-state index in [1.165, 1.54) is 25.7 Å². The molecule has 1 aromatic carbocycles. The molecule has 2 rings (SSSR count). The van der Waals surface area contributed by atoms with Gasteiger partial charge in [0, 0.05) is 0 Å². The van der Waals surface area contributed by atoms with Crippen molar-refractivity contribution < 1.29 is 9.84 Å². The number of rotatable bonds is 6. The highest BCUT2D eigenvalue weighted by atomic mass is 79.9. The van der Waals surface area contributed by atoms with Crippen LogP contribution in [0.15, 0.2) is 22.7 Å². The Kier molecular flexibility index (Phi) is 5.71.